The van der Waals surface area contributed by atoms with Crippen LogP contribution in [-0.2, 0) is 0 Å². The Morgan fingerprint density at radius 3 is 2.14 bits per heavy atom. The van der Waals surface area contributed by atoms with Gasteiger partial charge < -0.3 is 0 Å². The molecule has 1 radical (unpaired) electrons. The number of hydrogen-bond donors (Lipinski definition) is 0. The van der Waals surface area contributed by atoms with Gasteiger partial charge in [0.1, 0.15) is 0 Å². The molecule has 5 nitrogen and oxygen atoms in total. The van der Waals surface area contributed by atoms with Gasteiger partial charge in [-0.2, -0.15) is 0 Å². The number of nitrogens with zero attached hydrogens (tertiary/aromatic N) is 5. The van der Waals surface area contributed by atoms with E-state index in [9.17, 15) is 0 Å². The first kappa shape index (κ1) is 13.1. The number of hydrogen-bond acceptors (Lipinski definition) is 5. The van der Waals surface area contributed by atoms with Crippen molar-refractivity contribution in [3.63, 3.8) is 0 Å². The fourth-order valence-corrected chi connectivity index (χ4v) is 3.12. The Hall–Kier alpha value is -2.56. The Morgan fingerprint density at radius 2 is 1.36 bits per heavy atom. The first-order chi connectivity index (χ1) is 10.9. The van der Waals surface area contributed by atoms with E-state index in [1.165, 1.54) is 0 Å². The number of para-hydroxylation sites is 2. The second-order valence-electron chi connectivity index (χ2n) is 4.62. The molecule has 2 aromatic carbocycles. The van der Waals surface area contributed by atoms with Gasteiger partial charge in [0.05, 0.1) is 0 Å². The molecule has 0 atom stereocenters. The van der Waals surface area contributed by atoms with E-state index in [1.807, 2.05) is 54.7 Å². The Labute approximate surface area is 132 Å². The summed E-state index contributed by atoms with van der Waals surface area (Å²) in [6, 6.07) is 15.8. The van der Waals surface area contributed by atoms with Crippen LogP contribution in [0.25, 0.3) is 21.8 Å². The molecule has 0 saturated carbocycles. The van der Waals surface area contributed by atoms with Crippen LogP contribution in [0.2, 0.25) is 0 Å². The second-order valence-corrected chi connectivity index (χ2v) is 6.16. The van der Waals surface area contributed by atoms with Crippen molar-refractivity contribution in [1.82, 2.24) is 19.9 Å². The van der Waals surface area contributed by atoms with Crippen LogP contribution in [0.3, 0.4) is 0 Å². The van der Waals surface area contributed by atoms with Crippen LogP contribution in [0.1, 0.15) is 0 Å². The van der Waals surface area contributed by atoms with E-state index >= 15 is 0 Å². The molecular weight excluding hydrogens is 341 g/mol. The molecule has 0 N–H and O–H groups in total. The van der Waals surface area contributed by atoms with E-state index in [2.05, 4.69) is 23.9 Å². The number of fused-ring (bicyclic) bond motifs is 2. The van der Waals surface area contributed by atoms with Gasteiger partial charge in [-0.05, 0) is 0 Å². The molecule has 105 valence electrons. The summed E-state index contributed by atoms with van der Waals surface area (Å²) in [6.07, 6.45) is 3.62. The van der Waals surface area contributed by atoms with Gasteiger partial charge in [0.2, 0.25) is 0 Å². The van der Waals surface area contributed by atoms with Crippen molar-refractivity contribution in [2.45, 2.75) is 0 Å². The van der Waals surface area contributed by atoms with Gasteiger partial charge in [-0.15, -0.1) is 0 Å². The van der Waals surface area contributed by atoms with Crippen molar-refractivity contribution in [3.8, 4) is 0 Å². The maximum absolute atomic E-state index is 4.52. The monoisotopic (exact) mass is 352 g/mol. The van der Waals surface area contributed by atoms with Crippen molar-refractivity contribution in [2.75, 3.05) is 0 Å². The van der Waals surface area contributed by atoms with Crippen LogP contribution in [0.5, 0.6) is 0 Å². The van der Waals surface area contributed by atoms with Crippen LogP contribution in [-0.4, -0.2) is 34.7 Å². The quantitative estimate of drug-likeness (QED) is 0.521. The molecule has 0 saturated heterocycles. The summed E-state index contributed by atoms with van der Waals surface area (Å²) >= 11 is -0.244. The molecule has 0 spiro atoms. The van der Waals surface area contributed by atoms with Gasteiger partial charge in [-0.25, -0.2) is 0 Å². The average molecular weight is 351 g/mol. The Morgan fingerprint density at radius 1 is 0.727 bits per heavy atom. The normalized spacial score (nSPS) is 11.5. The summed E-state index contributed by atoms with van der Waals surface area (Å²) in [5.41, 5.74) is 1.83. The van der Waals surface area contributed by atoms with Crippen molar-refractivity contribution in [2.24, 2.45) is 3.96 Å². The third-order valence-corrected chi connectivity index (χ3v) is 4.44. The van der Waals surface area contributed by atoms with Gasteiger partial charge in [0.25, 0.3) is 0 Å². The first-order valence-electron chi connectivity index (χ1n) is 6.70. The molecule has 0 unspecified atom stereocenters. The van der Waals surface area contributed by atoms with Crippen LogP contribution in [0.15, 0.2) is 64.9 Å². The molecular formula is C16H10N5Se. The maximum atomic E-state index is 4.52. The first-order valence-corrected chi connectivity index (χ1v) is 8.32. The summed E-state index contributed by atoms with van der Waals surface area (Å²) in [7, 11) is 0. The molecule has 2 heterocycles. The molecule has 22 heavy (non-hydrogen) atoms. The third kappa shape index (κ3) is 2.62. The predicted octanol–water partition coefficient (Wildman–Crippen LogP) is 2.42. The Balaban J connectivity index is 1.68. The van der Waals surface area contributed by atoms with E-state index in [-0.39, 0.29) is 14.8 Å². The van der Waals surface area contributed by atoms with Crippen molar-refractivity contribution >= 4 is 47.2 Å². The van der Waals surface area contributed by atoms with E-state index in [4.69, 9.17) is 0 Å². The summed E-state index contributed by atoms with van der Waals surface area (Å²) in [5.74, 6) is 0.482. The summed E-state index contributed by atoms with van der Waals surface area (Å²) in [5, 5.41) is 2.04. The zero-order valence-electron chi connectivity index (χ0n) is 11.4. The predicted molar refractivity (Wildman–Crippen MR) is 86.6 cm³/mol. The zero-order valence-corrected chi connectivity index (χ0v) is 13.1. The summed E-state index contributed by atoms with van der Waals surface area (Å²) < 4.78 is 5.17. The fraction of sp³-hybridized carbons (Fsp3) is 0. The van der Waals surface area contributed by atoms with Gasteiger partial charge in [-0.3, -0.25) is 0 Å². The number of rotatable bonds is 2. The number of benzene rings is 2. The molecule has 6 heteroatoms. The molecule has 0 aliphatic rings. The molecule has 4 rings (SSSR count). The minimum absolute atomic E-state index is 0.244. The van der Waals surface area contributed by atoms with Crippen LogP contribution in [0, 0.1) is 0 Å². The Kier molecular flexibility index (Phi) is 3.39. The number of aromatic nitrogens is 4. The molecule has 0 bridgehead atoms. The zero-order chi connectivity index (χ0) is 14.8. The molecule has 0 aliphatic carbocycles. The minimum atomic E-state index is -0.244. The third-order valence-electron chi connectivity index (χ3n) is 3.15. The van der Waals surface area contributed by atoms with Crippen molar-refractivity contribution in [3.05, 3.63) is 60.9 Å². The van der Waals surface area contributed by atoms with E-state index in [0.29, 0.717) is 5.95 Å². The SMILES string of the molecule is c1ccc2nc(N=[Se]c3ncc4ccccc4n3)ncc2c1. The molecule has 0 amide bonds. The van der Waals surface area contributed by atoms with Crippen molar-refractivity contribution < 1.29 is 0 Å². The van der Waals surface area contributed by atoms with Gasteiger partial charge in [0, 0.05) is 0 Å². The van der Waals surface area contributed by atoms with E-state index < -0.39 is 0 Å². The molecule has 0 aliphatic heterocycles. The fourth-order valence-electron chi connectivity index (χ4n) is 2.09. The average Bonchev–Trinajstić information content (AvgIpc) is 2.59. The van der Waals surface area contributed by atoms with Crippen LogP contribution < -0.4 is 4.72 Å². The summed E-state index contributed by atoms with van der Waals surface area (Å²) in [4.78, 5) is 17.6. The summed E-state index contributed by atoms with van der Waals surface area (Å²) in [6.45, 7) is 0. The second kappa shape index (κ2) is 5.67. The van der Waals surface area contributed by atoms with Crippen molar-refractivity contribution in [1.29, 1.82) is 0 Å². The van der Waals surface area contributed by atoms with Crippen LogP contribution >= 0.6 is 0 Å². The van der Waals surface area contributed by atoms with Gasteiger partial charge in [0.15, 0.2) is 0 Å². The molecule has 4 aromatic rings. The van der Waals surface area contributed by atoms with E-state index in [1.54, 1.807) is 6.20 Å². The molecule has 2 aromatic heterocycles. The molecule has 0 fully saturated rings. The standard InChI is InChI=1S/C16H10N5Se/c1-3-7-13-11(5-1)9-17-15(19-13)21-22-16-18-10-12-6-2-4-8-14(12)20-16/h1-10H. The topological polar surface area (TPSA) is 63.9 Å². The van der Waals surface area contributed by atoms with Crippen LogP contribution in [0.4, 0.5) is 5.95 Å². The van der Waals surface area contributed by atoms with Gasteiger partial charge in [-0.1, -0.05) is 0 Å². The Bertz CT molecular complexity index is 918. The van der Waals surface area contributed by atoms with E-state index in [0.717, 1.165) is 26.5 Å². The van der Waals surface area contributed by atoms with Gasteiger partial charge >= 0.3 is 132 Å².